The van der Waals surface area contributed by atoms with E-state index in [9.17, 15) is 10.1 Å². The second-order valence-electron chi connectivity index (χ2n) is 5.55. The van der Waals surface area contributed by atoms with Gasteiger partial charge in [0.25, 0.3) is 0 Å². The number of nitrogens with one attached hydrogen (secondary N) is 1. The predicted molar refractivity (Wildman–Crippen MR) is 83.6 cm³/mol. The molecule has 0 saturated heterocycles. The number of aromatic nitrogens is 2. The molecule has 0 aliphatic heterocycles. The summed E-state index contributed by atoms with van der Waals surface area (Å²) in [7, 11) is 0. The molecular weight excluding hydrogens is 268 g/mol. The minimum Gasteiger partial charge on any atom is -0.364 e. The quantitative estimate of drug-likeness (QED) is 0.471. The van der Waals surface area contributed by atoms with Gasteiger partial charge in [-0.3, -0.25) is 10.1 Å². The molecular formula is C15H24N4O2. The van der Waals surface area contributed by atoms with E-state index in [2.05, 4.69) is 16.5 Å². The molecule has 6 nitrogen and oxygen atoms in total. The van der Waals surface area contributed by atoms with Crippen LogP contribution in [-0.4, -0.2) is 21.2 Å². The van der Waals surface area contributed by atoms with Gasteiger partial charge in [-0.25, -0.2) is 4.68 Å². The zero-order chi connectivity index (χ0) is 15.2. The van der Waals surface area contributed by atoms with Crippen molar-refractivity contribution in [2.75, 3.05) is 11.9 Å². The number of aryl methyl sites for hydroxylation is 2. The largest absolute Gasteiger partial charge is 0.364 e. The zero-order valence-corrected chi connectivity index (χ0v) is 12.9. The summed E-state index contributed by atoms with van der Waals surface area (Å²) in [6.07, 6.45) is 9.04. The van der Waals surface area contributed by atoms with Gasteiger partial charge in [-0.05, 0) is 45.4 Å². The van der Waals surface area contributed by atoms with E-state index in [1.165, 1.54) is 24.8 Å². The van der Waals surface area contributed by atoms with E-state index >= 15 is 0 Å². The molecule has 1 N–H and O–H groups in total. The third kappa shape index (κ3) is 3.83. The lowest BCUT2D eigenvalue weighted by atomic mass is 9.97. The molecule has 116 valence electrons. The maximum Gasteiger partial charge on any atom is 0.333 e. The lowest BCUT2D eigenvalue weighted by molar-refractivity contribution is -0.384. The van der Waals surface area contributed by atoms with E-state index in [-0.39, 0.29) is 10.6 Å². The highest BCUT2D eigenvalue weighted by Gasteiger charge is 2.24. The van der Waals surface area contributed by atoms with Crippen LogP contribution in [0.2, 0.25) is 0 Å². The first kappa shape index (κ1) is 15.5. The Morgan fingerprint density at radius 1 is 1.48 bits per heavy atom. The number of rotatable bonds is 7. The molecule has 0 atom stereocenters. The Bertz CT molecular complexity index is 534. The molecule has 1 aliphatic carbocycles. The van der Waals surface area contributed by atoms with Crippen LogP contribution < -0.4 is 5.32 Å². The van der Waals surface area contributed by atoms with Gasteiger partial charge in [0.1, 0.15) is 5.69 Å². The molecule has 0 fully saturated rings. The first-order chi connectivity index (χ1) is 10.1. The highest BCUT2D eigenvalue weighted by Crippen LogP contribution is 2.29. The summed E-state index contributed by atoms with van der Waals surface area (Å²) >= 11 is 0. The van der Waals surface area contributed by atoms with E-state index in [1.807, 2.05) is 6.92 Å². The third-order valence-corrected chi connectivity index (χ3v) is 3.84. The fourth-order valence-electron chi connectivity index (χ4n) is 2.81. The second-order valence-corrected chi connectivity index (χ2v) is 5.55. The number of nitrogens with zero attached hydrogens (tertiary/aromatic N) is 3. The van der Waals surface area contributed by atoms with Crippen LogP contribution in [0.15, 0.2) is 11.6 Å². The maximum atomic E-state index is 11.2. The van der Waals surface area contributed by atoms with Gasteiger partial charge in [-0.15, -0.1) is 0 Å². The average molecular weight is 292 g/mol. The molecule has 0 radical (unpaired) electrons. The highest BCUT2D eigenvalue weighted by molar-refractivity contribution is 5.59. The summed E-state index contributed by atoms with van der Waals surface area (Å²) in [5.41, 5.74) is 2.06. The fourth-order valence-corrected chi connectivity index (χ4v) is 2.81. The van der Waals surface area contributed by atoms with E-state index in [1.54, 1.807) is 11.6 Å². The molecule has 2 rings (SSSR count). The van der Waals surface area contributed by atoms with Crippen molar-refractivity contribution in [2.45, 2.75) is 58.9 Å². The van der Waals surface area contributed by atoms with Crippen molar-refractivity contribution < 1.29 is 4.92 Å². The monoisotopic (exact) mass is 292 g/mol. The second kappa shape index (κ2) is 7.24. The normalized spacial score (nSPS) is 14.9. The van der Waals surface area contributed by atoms with Crippen LogP contribution in [0.5, 0.6) is 0 Å². The van der Waals surface area contributed by atoms with Gasteiger partial charge in [-0.1, -0.05) is 18.6 Å². The van der Waals surface area contributed by atoms with Crippen LogP contribution in [-0.2, 0) is 6.54 Å². The third-order valence-electron chi connectivity index (χ3n) is 3.84. The van der Waals surface area contributed by atoms with Gasteiger partial charge < -0.3 is 5.32 Å². The van der Waals surface area contributed by atoms with Crippen LogP contribution in [0.25, 0.3) is 0 Å². The Balaban J connectivity index is 2.06. The molecule has 1 aromatic heterocycles. The highest BCUT2D eigenvalue weighted by atomic mass is 16.6. The van der Waals surface area contributed by atoms with Crippen molar-refractivity contribution in [3.05, 3.63) is 27.5 Å². The zero-order valence-electron chi connectivity index (χ0n) is 12.9. The Morgan fingerprint density at radius 2 is 2.29 bits per heavy atom. The van der Waals surface area contributed by atoms with E-state index in [4.69, 9.17) is 0 Å². The molecule has 1 aromatic rings. The van der Waals surface area contributed by atoms with Crippen molar-refractivity contribution in [1.29, 1.82) is 0 Å². The van der Waals surface area contributed by atoms with Gasteiger partial charge in [0.2, 0.25) is 5.82 Å². The standard InChI is InChI=1S/C15H24N4O2/c1-3-11-18-15(14(19(20)21)12(2)17-18)16-10-9-13-7-5-4-6-8-13/h7,16H,3-6,8-11H2,1-2H3. The summed E-state index contributed by atoms with van der Waals surface area (Å²) in [4.78, 5) is 10.9. The number of anilines is 1. The van der Waals surface area contributed by atoms with Crippen molar-refractivity contribution in [3.8, 4) is 0 Å². The van der Waals surface area contributed by atoms with Gasteiger partial charge in [0, 0.05) is 13.1 Å². The summed E-state index contributed by atoms with van der Waals surface area (Å²) in [6.45, 7) is 5.15. The van der Waals surface area contributed by atoms with Crippen molar-refractivity contribution >= 4 is 11.5 Å². The Hall–Kier alpha value is -1.85. The van der Waals surface area contributed by atoms with Crippen molar-refractivity contribution in [1.82, 2.24) is 9.78 Å². The lowest BCUT2D eigenvalue weighted by Crippen LogP contribution is -2.11. The van der Waals surface area contributed by atoms with E-state index < -0.39 is 0 Å². The first-order valence-corrected chi connectivity index (χ1v) is 7.77. The smallest absolute Gasteiger partial charge is 0.333 e. The topological polar surface area (TPSA) is 73.0 Å². The SMILES string of the molecule is CCCn1nc(C)c([N+](=O)[O-])c1NCCC1=CCCCC1. The molecule has 0 saturated carbocycles. The predicted octanol–water partition coefficient (Wildman–Crippen LogP) is 3.81. The Kier molecular flexibility index (Phi) is 5.36. The minimum absolute atomic E-state index is 0.112. The van der Waals surface area contributed by atoms with E-state index in [0.29, 0.717) is 18.1 Å². The van der Waals surface area contributed by atoms with Crippen molar-refractivity contribution in [2.24, 2.45) is 0 Å². The summed E-state index contributed by atoms with van der Waals surface area (Å²) in [6, 6.07) is 0. The van der Waals surface area contributed by atoms with Crippen molar-refractivity contribution in [3.63, 3.8) is 0 Å². The first-order valence-electron chi connectivity index (χ1n) is 7.77. The molecule has 6 heteroatoms. The molecule has 0 bridgehead atoms. The van der Waals surface area contributed by atoms with Gasteiger partial charge in [-0.2, -0.15) is 5.10 Å². The molecule has 1 aliphatic rings. The lowest BCUT2D eigenvalue weighted by Gasteiger charge is -2.13. The number of hydrogen-bond acceptors (Lipinski definition) is 4. The molecule has 0 amide bonds. The van der Waals surface area contributed by atoms with Crippen LogP contribution in [0.3, 0.4) is 0 Å². The molecule has 21 heavy (non-hydrogen) atoms. The van der Waals surface area contributed by atoms with Gasteiger partial charge in [0.15, 0.2) is 0 Å². The van der Waals surface area contributed by atoms with Gasteiger partial charge >= 0.3 is 5.69 Å². The van der Waals surface area contributed by atoms with Crippen LogP contribution in [0.1, 0.15) is 51.1 Å². The number of hydrogen-bond donors (Lipinski definition) is 1. The van der Waals surface area contributed by atoms with E-state index in [0.717, 1.165) is 25.8 Å². The molecule has 0 unspecified atom stereocenters. The minimum atomic E-state index is -0.337. The Morgan fingerprint density at radius 3 is 2.90 bits per heavy atom. The van der Waals surface area contributed by atoms with Crippen LogP contribution in [0.4, 0.5) is 11.5 Å². The van der Waals surface area contributed by atoms with Crippen LogP contribution in [0, 0.1) is 17.0 Å². The summed E-state index contributed by atoms with van der Waals surface area (Å²) in [5.74, 6) is 0.552. The molecule has 0 spiro atoms. The van der Waals surface area contributed by atoms with Gasteiger partial charge in [0.05, 0.1) is 4.92 Å². The maximum absolute atomic E-state index is 11.2. The summed E-state index contributed by atoms with van der Waals surface area (Å²) < 4.78 is 1.72. The summed E-state index contributed by atoms with van der Waals surface area (Å²) in [5, 5.41) is 18.7. The number of allylic oxidation sites excluding steroid dienone is 1. The molecule has 1 heterocycles. The van der Waals surface area contributed by atoms with Crippen LogP contribution >= 0.6 is 0 Å². The number of nitro groups is 1. The Labute approximate surface area is 125 Å². The average Bonchev–Trinajstić information content (AvgIpc) is 2.76. The fraction of sp³-hybridized carbons (Fsp3) is 0.667. The molecule has 0 aromatic carbocycles.